The average molecular weight is 285 g/mol. The summed E-state index contributed by atoms with van der Waals surface area (Å²) in [6.45, 7) is 0.114. The van der Waals surface area contributed by atoms with Gasteiger partial charge in [0.15, 0.2) is 6.29 Å². The van der Waals surface area contributed by atoms with Crippen LogP contribution in [-0.4, -0.2) is 18.6 Å². The third kappa shape index (κ3) is 2.76. The molecule has 7 heteroatoms. The molecule has 1 heterocycles. The molecule has 1 aliphatic heterocycles. The monoisotopic (exact) mass is 284 g/mol. The van der Waals surface area contributed by atoms with Crippen molar-refractivity contribution >= 4 is 11.6 Å². The molecule has 2 atom stereocenters. The Labute approximate surface area is 105 Å². The maximum Gasteiger partial charge on any atom is 0.416 e. The van der Waals surface area contributed by atoms with Crippen LogP contribution in [0.15, 0.2) is 18.2 Å². The summed E-state index contributed by atoms with van der Waals surface area (Å²) in [4.78, 5) is 0. The summed E-state index contributed by atoms with van der Waals surface area (Å²) in [6, 6.07) is 2.38. The Morgan fingerprint density at radius 1 is 1.33 bits per heavy atom. The van der Waals surface area contributed by atoms with Crippen molar-refractivity contribution in [1.82, 2.24) is 0 Å². The number of rotatable bonds is 2. The molecule has 0 saturated carbocycles. The highest BCUT2D eigenvalue weighted by molar-refractivity contribution is 6.18. The van der Waals surface area contributed by atoms with E-state index in [0.29, 0.717) is 6.07 Å². The maximum absolute atomic E-state index is 12.9. The quantitative estimate of drug-likeness (QED) is 0.611. The fourth-order valence-corrected chi connectivity index (χ4v) is 1.83. The molecule has 1 aliphatic rings. The number of halogens is 5. The number of alkyl halides is 4. The second-order valence-corrected chi connectivity index (χ2v) is 4.12. The van der Waals surface area contributed by atoms with E-state index in [9.17, 15) is 17.6 Å². The summed E-state index contributed by atoms with van der Waals surface area (Å²) in [7, 11) is 0. The molecule has 0 amide bonds. The van der Waals surface area contributed by atoms with Gasteiger partial charge in [0, 0.05) is 5.56 Å². The van der Waals surface area contributed by atoms with Crippen LogP contribution in [0.4, 0.5) is 17.6 Å². The van der Waals surface area contributed by atoms with Gasteiger partial charge in [-0.05, 0) is 12.1 Å². The molecule has 1 saturated heterocycles. The SMILES string of the molecule is Fc1ccc(C2OCC(CCl)O2)c(C(F)(F)F)c1. The van der Waals surface area contributed by atoms with E-state index in [-0.39, 0.29) is 18.1 Å². The molecule has 0 N–H and O–H groups in total. The van der Waals surface area contributed by atoms with Crippen LogP contribution in [0, 0.1) is 5.82 Å². The maximum atomic E-state index is 12.9. The van der Waals surface area contributed by atoms with E-state index in [4.69, 9.17) is 21.1 Å². The lowest BCUT2D eigenvalue weighted by Crippen LogP contribution is -2.14. The van der Waals surface area contributed by atoms with Gasteiger partial charge in [-0.2, -0.15) is 13.2 Å². The van der Waals surface area contributed by atoms with E-state index in [1.165, 1.54) is 0 Å². The van der Waals surface area contributed by atoms with E-state index in [1.54, 1.807) is 0 Å². The summed E-state index contributed by atoms with van der Waals surface area (Å²) in [6.07, 6.45) is -6.28. The van der Waals surface area contributed by atoms with E-state index in [0.717, 1.165) is 12.1 Å². The Morgan fingerprint density at radius 3 is 2.61 bits per heavy atom. The van der Waals surface area contributed by atoms with Crippen molar-refractivity contribution < 1.29 is 27.0 Å². The topological polar surface area (TPSA) is 18.5 Å². The van der Waals surface area contributed by atoms with Crippen molar-refractivity contribution in [1.29, 1.82) is 0 Å². The predicted molar refractivity (Wildman–Crippen MR) is 55.7 cm³/mol. The summed E-state index contributed by atoms with van der Waals surface area (Å²) in [5, 5.41) is 0. The Bertz CT molecular complexity index is 436. The van der Waals surface area contributed by atoms with E-state index in [2.05, 4.69) is 0 Å². The van der Waals surface area contributed by atoms with Crippen LogP contribution in [0.5, 0.6) is 0 Å². The van der Waals surface area contributed by atoms with Gasteiger partial charge in [-0.1, -0.05) is 6.07 Å². The molecule has 100 valence electrons. The van der Waals surface area contributed by atoms with Gasteiger partial charge < -0.3 is 9.47 Å². The standard InChI is InChI=1S/C11H9ClF4O2/c12-4-7-5-17-10(18-7)8-2-1-6(13)3-9(8)11(14,15)16/h1-3,7,10H,4-5H2. The number of ether oxygens (including phenoxy) is 2. The lowest BCUT2D eigenvalue weighted by Gasteiger charge is -2.17. The highest BCUT2D eigenvalue weighted by atomic mass is 35.5. The van der Waals surface area contributed by atoms with Gasteiger partial charge in [0.1, 0.15) is 5.82 Å². The molecule has 1 aromatic carbocycles. The minimum Gasteiger partial charge on any atom is -0.346 e. The van der Waals surface area contributed by atoms with Gasteiger partial charge in [0.25, 0.3) is 0 Å². The minimum atomic E-state index is -4.66. The summed E-state index contributed by atoms with van der Waals surface area (Å²) >= 11 is 5.53. The highest BCUT2D eigenvalue weighted by Crippen LogP contribution is 2.38. The largest absolute Gasteiger partial charge is 0.416 e. The third-order valence-corrected chi connectivity index (χ3v) is 2.84. The molecule has 0 aromatic heterocycles. The third-order valence-electron chi connectivity index (χ3n) is 2.50. The van der Waals surface area contributed by atoms with Crippen molar-refractivity contribution in [2.45, 2.75) is 18.6 Å². The van der Waals surface area contributed by atoms with E-state index in [1.807, 2.05) is 0 Å². The summed E-state index contributed by atoms with van der Waals surface area (Å²) < 4.78 is 61.5. The lowest BCUT2D eigenvalue weighted by molar-refractivity contribution is -0.143. The van der Waals surface area contributed by atoms with Crippen molar-refractivity contribution in [3.05, 3.63) is 35.1 Å². The lowest BCUT2D eigenvalue weighted by atomic mass is 10.1. The number of benzene rings is 1. The summed E-state index contributed by atoms with van der Waals surface area (Å²) in [5.41, 5.74) is -1.33. The first-order valence-electron chi connectivity index (χ1n) is 5.11. The molecule has 0 bridgehead atoms. The highest BCUT2D eigenvalue weighted by Gasteiger charge is 2.38. The van der Waals surface area contributed by atoms with Gasteiger partial charge in [0.05, 0.1) is 24.2 Å². The predicted octanol–water partition coefficient (Wildman–Crippen LogP) is 3.50. The molecule has 2 rings (SSSR count). The minimum absolute atomic E-state index is 0.114. The molecule has 2 nitrogen and oxygen atoms in total. The van der Waals surface area contributed by atoms with Crippen LogP contribution < -0.4 is 0 Å². The van der Waals surface area contributed by atoms with E-state index < -0.39 is 30.0 Å². The molecule has 1 aromatic rings. The van der Waals surface area contributed by atoms with Crippen molar-refractivity contribution in [2.24, 2.45) is 0 Å². The Balaban J connectivity index is 2.33. The smallest absolute Gasteiger partial charge is 0.346 e. The molecule has 0 aliphatic carbocycles. The molecule has 0 radical (unpaired) electrons. The molecule has 1 fully saturated rings. The van der Waals surface area contributed by atoms with Gasteiger partial charge in [0.2, 0.25) is 0 Å². The van der Waals surface area contributed by atoms with Crippen LogP contribution in [-0.2, 0) is 15.7 Å². The molecular formula is C11H9ClF4O2. The zero-order valence-corrected chi connectivity index (χ0v) is 9.76. The van der Waals surface area contributed by atoms with Gasteiger partial charge in [-0.25, -0.2) is 4.39 Å². The fourth-order valence-electron chi connectivity index (χ4n) is 1.67. The summed E-state index contributed by atoms with van der Waals surface area (Å²) in [5.74, 6) is -0.836. The van der Waals surface area contributed by atoms with Crippen molar-refractivity contribution in [3.63, 3.8) is 0 Å². The Morgan fingerprint density at radius 2 is 2.06 bits per heavy atom. The van der Waals surface area contributed by atoms with Gasteiger partial charge in [-0.15, -0.1) is 11.6 Å². The first-order chi connectivity index (χ1) is 8.41. The molecule has 2 unspecified atom stereocenters. The average Bonchev–Trinajstić information content (AvgIpc) is 2.76. The van der Waals surface area contributed by atoms with Crippen LogP contribution in [0.1, 0.15) is 17.4 Å². The zero-order valence-electron chi connectivity index (χ0n) is 9.01. The first-order valence-corrected chi connectivity index (χ1v) is 5.65. The van der Waals surface area contributed by atoms with Crippen LogP contribution in [0.3, 0.4) is 0 Å². The number of hydrogen-bond acceptors (Lipinski definition) is 2. The number of hydrogen-bond donors (Lipinski definition) is 0. The molecular weight excluding hydrogens is 276 g/mol. The van der Waals surface area contributed by atoms with Crippen molar-refractivity contribution in [2.75, 3.05) is 12.5 Å². The van der Waals surface area contributed by atoms with E-state index >= 15 is 0 Å². The zero-order chi connectivity index (χ0) is 13.3. The molecule has 18 heavy (non-hydrogen) atoms. The second-order valence-electron chi connectivity index (χ2n) is 3.81. The van der Waals surface area contributed by atoms with Gasteiger partial charge >= 0.3 is 6.18 Å². The van der Waals surface area contributed by atoms with Crippen LogP contribution >= 0.6 is 11.6 Å². The Kier molecular flexibility index (Phi) is 3.79. The normalized spacial score (nSPS) is 24.5. The van der Waals surface area contributed by atoms with Crippen LogP contribution in [0.2, 0.25) is 0 Å². The first kappa shape index (κ1) is 13.6. The van der Waals surface area contributed by atoms with Crippen LogP contribution in [0.25, 0.3) is 0 Å². The molecule has 0 spiro atoms. The fraction of sp³-hybridized carbons (Fsp3) is 0.455. The van der Waals surface area contributed by atoms with Crippen molar-refractivity contribution in [3.8, 4) is 0 Å². The Hall–Kier alpha value is -0.850. The van der Waals surface area contributed by atoms with Gasteiger partial charge in [-0.3, -0.25) is 0 Å². The second kappa shape index (κ2) is 5.03.